The van der Waals surface area contributed by atoms with E-state index in [4.69, 9.17) is 10.5 Å². The molecule has 1 amide bonds. The van der Waals surface area contributed by atoms with Crippen molar-refractivity contribution in [2.45, 2.75) is 19.6 Å². The highest BCUT2D eigenvalue weighted by molar-refractivity contribution is 5.94. The summed E-state index contributed by atoms with van der Waals surface area (Å²) in [4.78, 5) is 11.4. The number of hydrogen-bond acceptors (Lipinski definition) is 3. The van der Waals surface area contributed by atoms with Crippen LogP contribution in [0.2, 0.25) is 0 Å². The first-order valence-electron chi connectivity index (χ1n) is 4.78. The zero-order valence-corrected chi connectivity index (χ0v) is 10.2. The van der Waals surface area contributed by atoms with E-state index >= 15 is 0 Å². The highest BCUT2D eigenvalue weighted by Gasteiger charge is 2.09. The third-order valence-electron chi connectivity index (χ3n) is 1.99. The van der Waals surface area contributed by atoms with Crippen molar-refractivity contribution >= 4 is 24.0 Å². The van der Waals surface area contributed by atoms with Crippen molar-refractivity contribution in [2.24, 2.45) is 5.73 Å². The number of amides is 1. The van der Waals surface area contributed by atoms with Crippen LogP contribution in [0.1, 0.15) is 12.5 Å². The van der Waals surface area contributed by atoms with E-state index in [1.54, 1.807) is 14.0 Å². The second-order valence-electron chi connectivity index (χ2n) is 3.37. The minimum atomic E-state index is -0.513. The summed E-state index contributed by atoms with van der Waals surface area (Å²) >= 11 is 0. The SMILES string of the molecule is COCc1ccccc1NC(=O)[C@H](C)N.Cl. The molecule has 0 saturated heterocycles. The Labute approximate surface area is 102 Å². The number of nitrogens with one attached hydrogen (secondary N) is 1. The number of ether oxygens (including phenoxy) is 1. The molecule has 1 atom stereocenters. The van der Waals surface area contributed by atoms with Crippen molar-refractivity contribution in [3.63, 3.8) is 0 Å². The van der Waals surface area contributed by atoms with Gasteiger partial charge in [0, 0.05) is 18.4 Å². The number of methoxy groups -OCH3 is 1. The highest BCUT2D eigenvalue weighted by Crippen LogP contribution is 2.15. The molecule has 0 unspecified atom stereocenters. The number of hydrogen-bond donors (Lipinski definition) is 2. The van der Waals surface area contributed by atoms with Gasteiger partial charge in [-0.05, 0) is 13.0 Å². The Hall–Kier alpha value is -1.10. The van der Waals surface area contributed by atoms with E-state index in [0.717, 1.165) is 11.3 Å². The maximum absolute atomic E-state index is 11.4. The molecule has 5 heteroatoms. The van der Waals surface area contributed by atoms with Crippen molar-refractivity contribution in [1.82, 2.24) is 0 Å². The number of carbonyl (C=O) groups is 1. The summed E-state index contributed by atoms with van der Waals surface area (Å²) in [5, 5.41) is 2.75. The molecule has 0 aliphatic rings. The largest absolute Gasteiger partial charge is 0.380 e. The molecule has 0 radical (unpaired) electrons. The molecule has 1 aromatic rings. The third kappa shape index (κ3) is 4.18. The van der Waals surface area contributed by atoms with Crippen LogP contribution < -0.4 is 11.1 Å². The lowest BCUT2D eigenvalue weighted by molar-refractivity contribution is -0.117. The monoisotopic (exact) mass is 244 g/mol. The molecule has 0 bridgehead atoms. The minimum absolute atomic E-state index is 0. The molecular weight excluding hydrogens is 228 g/mol. The standard InChI is InChI=1S/C11H16N2O2.ClH/c1-8(12)11(14)13-10-6-4-3-5-9(10)7-15-2;/h3-6,8H,7,12H2,1-2H3,(H,13,14);1H/t8-;/m0./s1. The number of halogens is 1. The molecule has 0 aliphatic carbocycles. The van der Waals surface area contributed by atoms with Gasteiger partial charge in [0.2, 0.25) is 5.91 Å². The molecule has 0 aliphatic heterocycles. The van der Waals surface area contributed by atoms with Crippen LogP contribution in [-0.4, -0.2) is 19.1 Å². The summed E-state index contributed by atoms with van der Waals surface area (Å²) in [5.74, 6) is -0.196. The van der Waals surface area contributed by atoms with Crippen LogP contribution in [0, 0.1) is 0 Å². The molecule has 16 heavy (non-hydrogen) atoms. The van der Waals surface area contributed by atoms with Crippen LogP contribution in [0.5, 0.6) is 0 Å². The first-order valence-corrected chi connectivity index (χ1v) is 4.78. The number of rotatable bonds is 4. The zero-order chi connectivity index (χ0) is 11.3. The molecule has 0 heterocycles. The number of carbonyl (C=O) groups excluding carboxylic acids is 1. The van der Waals surface area contributed by atoms with Crippen LogP contribution in [0.4, 0.5) is 5.69 Å². The summed E-state index contributed by atoms with van der Waals surface area (Å²) in [6.07, 6.45) is 0. The smallest absolute Gasteiger partial charge is 0.241 e. The van der Waals surface area contributed by atoms with E-state index in [2.05, 4.69) is 5.32 Å². The van der Waals surface area contributed by atoms with Gasteiger partial charge < -0.3 is 15.8 Å². The molecule has 0 saturated carbocycles. The van der Waals surface area contributed by atoms with Gasteiger partial charge in [0.25, 0.3) is 0 Å². The van der Waals surface area contributed by atoms with Crippen LogP contribution >= 0.6 is 12.4 Å². The number of para-hydroxylation sites is 1. The molecular formula is C11H17ClN2O2. The fourth-order valence-corrected chi connectivity index (χ4v) is 1.17. The number of anilines is 1. The van der Waals surface area contributed by atoms with Crippen LogP contribution in [-0.2, 0) is 16.1 Å². The van der Waals surface area contributed by atoms with E-state index in [0.29, 0.717) is 6.61 Å². The molecule has 0 spiro atoms. The quantitative estimate of drug-likeness (QED) is 0.845. The lowest BCUT2D eigenvalue weighted by atomic mass is 10.2. The Morgan fingerprint density at radius 2 is 2.12 bits per heavy atom. The molecule has 0 aromatic heterocycles. The fourth-order valence-electron chi connectivity index (χ4n) is 1.17. The van der Waals surface area contributed by atoms with Gasteiger partial charge >= 0.3 is 0 Å². The maximum atomic E-state index is 11.4. The second kappa shape index (κ2) is 7.22. The maximum Gasteiger partial charge on any atom is 0.241 e. The average molecular weight is 245 g/mol. The normalized spacial score (nSPS) is 11.4. The van der Waals surface area contributed by atoms with E-state index in [1.165, 1.54) is 0 Å². The minimum Gasteiger partial charge on any atom is -0.380 e. The van der Waals surface area contributed by atoms with E-state index in [1.807, 2.05) is 24.3 Å². The Morgan fingerprint density at radius 3 is 2.69 bits per heavy atom. The van der Waals surface area contributed by atoms with Gasteiger partial charge in [-0.25, -0.2) is 0 Å². The number of nitrogens with two attached hydrogens (primary N) is 1. The third-order valence-corrected chi connectivity index (χ3v) is 1.99. The first-order chi connectivity index (χ1) is 7.15. The van der Waals surface area contributed by atoms with Crippen LogP contribution in [0.25, 0.3) is 0 Å². The van der Waals surface area contributed by atoms with Crippen LogP contribution in [0.15, 0.2) is 24.3 Å². The molecule has 1 aromatic carbocycles. The fraction of sp³-hybridized carbons (Fsp3) is 0.364. The molecule has 1 rings (SSSR count). The lowest BCUT2D eigenvalue weighted by Gasteiger charge is -2.11. The average Bonchev–Trinajstić information content (AvgIpc) is 2.21. The van der Waals surface area contributed by atoms with Gasteiger partial charge in [-0.2, -0.15) is 0 Å². The summed E-state index contributed by atoms with van der Waals surface area (Å²) < 4.78 is 5.03. The van der Waals surface area contributed by atoms with Crippen molar-refractivity contribution in [1.29, 1.82) is 0 Å². The van der Waals surface area contributed by atoms with Crippen LogP contribution in [0.3, 0.4) is 0 Å². The van der Waals surface area contributed by atoms with Gasteiger partial charge in [0.05, 0.1) is 12.6 Å². The summed E-state index contributed by atoms with van der Waals surface area (Å²) in [7, 11) is 1.62. The predicted molar refractivity (Wildman–Crippen MR) is 66.7 cm³/mol. The van der Waals surface area contributed by atoms with Gasteiger partial charge in [-0.1, -0.05) is 18.2 Å². The van der Waals surface area contributed by atoms with Crippen molar-refractivity contribution in [3.05, 3.63) is 29.8 Å². The second-order valence-corrected chi connectivity index (χ2v) is 3.37. The highest BCUT2D eigenvalue weighted by atomic mass is 35.5. The molecule has 90 valence electrons. The lowest BCUT2D eigenvalue weighted by Crippen LogP contribution is -2.32. The Kier molecular flexibility index (Phi) is 6.72. The van der Waals surface area contributed by atoms with Crippen molar-refractivity contribution in [3.8, 4) is 0 Å². The van der Waals surface area contributed by atoms with E-state index in [9.17, 15) is 4.79 Å². The Balaban J connectivity index is 0.00000225. The summed E-state index contributed by atoms with van der Waals surface area (Å²) in [6.45, 7) is 2.11. The summed E-state index contributed by atoms with van der Waals surface area (Å²) in [5.41, 5.74) is 7.15. The Morgan fingerprint density at radius 1 is 1.50 bits per heavy atom. The predicted octanol–water partition coefficient (Wildman–Crippen LogP) is 1.54. The molecule has 0 fully saturated rings. The first kappa shape index (κ1) is 14.9. The Bertz CT molecular complexity index is 343. The van der Waals surface area contributed by atoms with Gasteiger partial charge in [-0.3, -0.25) is 4.79 Å². The van der Waals surface area contributed by atoms with Gasteiger partial charge in [-0.15, -0.1) is 12.4 Å². The summed E-state index contributed by atoms with van der Waals surface area (Å²) in [6, 6.07) is 6.97. The molecule has 4 nitrogen and oxygen atoms in total. The topological polar surface area (TPSA) is 64.3 Å². The van der Waals surface area contributed by atoms with Crippen molar-refractivity contribution in [2.75, 3.05) is 12.4 Å². The zero-order valence-electron chi connectivity index (χ0n) is 9.40. The van der Waals surface area contributed by atoms with Gasteiger partial charge in [0.1, 0.15) is 0 Å². The molecule has 3 N–H and O–H groups in total. The van der Waals surface area contributed by atoms with E-state index in [-0.39, 0.29) is 18.3 Å². The van der Waals surface area contributed by atoms with Crippen molar-refractivity contribution < 1.29 is 9.53 Å². The van der Waals surface area contributed by atoms with Gasteiger partial charge in [0.15, 0.2) is 0 Å². The number of benzene rings is 1. The van der Waals surface area contributed by atoms with E-state index < -0.39 is 6.04 Å².